The highest BCUT2D eigenvalue weighted by Gasteiger charge is 2.16. The normalized spacial score (nSPS) is 13.2. The molecule has 21 heavy (non-hydrogen) atoms. The maximum absolute atomic E-state index is 6.22. The maximum Gasteiger partial charge on any atom is 0.179 e. The third-order valence-electron chi connectivity index (χ3n) is 3.33. The van der Waals surface area contributed by atoms with Gasteiger partial charge in [-0.05, 0) is 48.4 Å². The van der Waals surface area contributed by atoms with Crippen molar-refractivity contribution < 1.29 is 9.47 Å². The number of fused-ring (bicyclic) bond motifs is 1. The van der Waals surface area contributed by atoms with E-state index in [4.69, 9.17) is 21.1 Å². The van der Waals surface area contributed by atoms with E-state index in [1.807, 2.05) is 24.3 Å². The topological polar surface area (TPSA) is 43.4 Å². The first-order valence-corrected chi connectivity index (χ1v) is 7.38. The molecule has 1 aromatic carbocycles. The number of nitrogens with zero attached hydrogens (tertiary/aromatic N) is 1. The summed E-state index contributed by atoms with van der Waals surface area (Å²) < 4.78 is 11.1. The Morgan fingerprint density at radius 1 is 1.10 bits per heavy atom. The second kappa shape index (κ2) is 6.78. The number of nitrogens with one attached hydrogen (secondary N) is 1. The Balaban J connectivity index is 1.55. The molecule has 0 spiro atoms. The molecule has 0 saturated carbocycles. The lowest BCUT2D eigenvalue weighted by molar-refractivity contribution is 0.171. The molecule has 0 amide bonds. The lowest BCUT2D eigenvalue weighted by atomic mass is 10.1. The summed E-state index contributed by atoms with van der Waals surface area (Å²) in [5.74, 6) is 1.41. The highest BCUT2D eigenvalue weighted by atomic mass is 35.5. The fourth-order valence-electron chi connectivity index (χ4n) is 2.27. The molecule has 0 bridgehead atoms. The zero-order chi connectivity index (χ0) is 14.5. The Hall–Kier alpha value is -1.78. The summed E-state index contributed by atoms with van der Waals surface area (Å²) in [6, 6.07) is 7.97. The number of hydrogen-bond acceptors (Lipinski definition) is 4. The number of pyridine rings is 1. The Kier molecular flexibility index (Phi) is 4.58. The Bertz CT molecular complexity index is 605. The lowest BCUT2D eigenvalue weighted by Gasteiger charge is -2.20. The zero-order valence-corrected chi connectivity index (χ0v) is 12.4. The van der Waals surface area contributed by atoms with Crippen LogP contribution in [0.4, 0.5) is 0 Å². The van der Waals surface area contributed by atoms with E-state index in [2.05, 4.69) is 10.3 Å². The molecular weight excluding hydrogens is 288 g/mol. The van der Waals surface area contributed by atoms with Crippen LogP contribution in [0.15, 0.2) is 36.7 Å². The summed E-state index contributed by atoms with van der Waals surface area (Å²) in [7, 11) is 0. The van der Waals surface area contributed by atoms with Gasteiger partial charge in [-0.15, -0.1) is 0 Å². The van der Waals surface area contributed by atoms with E-state index in [0.717, 1.165) is 30.8 Å². The van der Waals surface area contributed by atoms with Gasteiger partial charge in [0.25, 0.3) is 0 Å². The largest absolute Gasteiger partial charge is 0.486 e. The van der Waals surface area contributed by atoms with Crippen LogP contribution in [0.1, 0.15) is 11.1 Å². The monoisotopic (exact) mass is 304 g/mol. The predicted molar refractivity (Wildman–Crippen MR) is 82.1 cm³/mol. The molecule has 1 aromatic heterocycles. The first-order chi connectivity index (χ1) is 10.3. The first kappa shape index (κ1) is 14.2. The third-order valence-corrected chi connectivity index (χ3v) is 3.61. The van der Waals surface area contributed by atoms with E-state index >= 15 is 0 Å². The van der Waals surface area contributed by atoms with Crippen molar-refractivity contribution >= 4 is 11.6 Å². The van der Waals surface area contributed by atoms with Gasteiger partial charge in [-0.25, -0.2) is 0 Å². The van der Waals surface area contributed by atoms with Gasteiger partial charge in [0, 0.05) is 18.9 Å². The van der Waals surface area contributed by atoms with Gasteiger partial charge < -0.3 is 14.8 Å². The third kappa shape index (κ3) is 3.65. The van der Waals surface area contributed by atoms with Crippen LogP contribution in [0, 0.1) is 0 Å². The molecule has 5 heteroatoms. The van der Waals surface area contributed by atoms with Crippen molar-refractivity contribution in [1.29, 1.82) is 0 Å². The van der Waals surface area contributed by atoms with Gasteiger partial charge in [0.2, 0.25) is 0 Å². The van der Waals surface area contributed by atoms with Gasteiger partial charge in [0.15, 0.2) is 11.5 Å². The number of ether oxygens (including phenoxy) is 2. The molecule has 0 radical (unpaired) electrons. The van der Waals surface area contributed by atoms with Crippen LogP contribution in [-0.2, 0) is 13.0 Å². The molecule has 0 fully saturated rings. The van der Waals surface area contributed by atoms with Crippen molar-refractivity contribution in [3.8, 4) is 11.5 Å². The predicted octanol–water partition coefficient (Wildman–Crippen LogP) is 2.84. The van der Waals surface area contributed by atoms with Crippen molar-refractivity contribution in [2.45, 2.75) is 13.0 Å². The highest BCUT2D eigenvalue weighted by Crippen LogP contribution is 2.38. The van der Waals surface area contributed by atoms with Crippen LogP contribution in [0.5, 0.6) is 11.5 Å². The molecule has 1 aliphatic rings. The van der Waals surface area contributed by atoms with E-state index in [-0.39, 0.29) is 0 Å². The number of rotatable bonds is 5. The second-order valence-corrected chi connectivity index (χ2v) is 5.29. The molecule has 0 aliphatic carbocycles. The van der Waals surface area contributed by atoms with Crippen molar-refractivity contribution in [2.75, 3.05) is 19.8 Å². The van der Waals surface area contributed by atoms with Crippen LogP contribution in [0.25, 0.3) is 0 Å². The molecule has 2 heterocycles. The fourth-order valence-corrected chi connectivity index (χ4v) is 2.56. The minimum Gasteiger partial charge on any atom is -0.486 e. The summed E-state index contributed by atoms with van der Waals surface area (Å²) in [6.07, 6.45) is 4.50. The average molecular weight is 305 g/mol. The molecule has 110 valence electrons. The van der Waals surface area contributed by atoms with Crippen LogP contribution >= 0.6 is 11.6 Å². The summed E-state index contributed by atoms with van der Waals surface area (Å²) in [5.41, 5.74) is 2.37. The number of aromatic nitrogens is 1. The van der Waals surface area contributed by atoms with Crippen molar-refractivity contribution in [1.82, 2.24) is 10.3 Å². The summed E-state index contributed by atoms with van der Waals surface area (Å²) in [5, 5.41) is 4.03. The number of benzene rings is 1. The fraction of sp³-hybridized carbons (Fsp3) is 0.312. The number of halogens is 1. The van der Waals surface area contributed by atoms with Gasteiger partial charge >= 0.3 is 0 Å². The highest BCUT2D eigenvalue weighted by molar-refractivity contribution is 6.32. The quantitative estimate of drug-likeness (QED) is 0.863. The number of hydrogen-bond donors (Lipinski definition) is 1. The summed E-state index contributed by atoms with van der Waals surface area (Å²) >= 11 is 6.22. The molecule has 4 nitrogen and oxygen atoms in total. The SMILES string of the molecule is Clc1cc(CCNCc2ccncc2)cc2c1OCCO2. The summed E-state index contributed by atoms with van der Waals surface area (Å²) in [4.78, 5) is 4.00. The first-order valence-electron chi connectivity index (χ1n) is 7.00. The molecule has 3 rings (SSSR count). The lowest BCUT2D eigenvalue weighted by Crippen LogP contribution is -2.18. The van der Waals surface area contributed by atoms with Crippen molar-refractivity contribution in [3.63, 3.8) is 0 Å². The molecule has 0 atom stereocenters. The molecule has 1 N–H and O–H groups in total. The molecular formula is C16H17ClN2O2. The molecule has 2 aromatic rings. The molecule has 1 aliphatic heterocycles. The smallest absolute Gasteiger partial charge is 0.179 e. The van der Waals surface area contributed by atoms with Crippen LogP contribution in [-0.4, -0.2) is 24.7 Å². The average Bonchev–Trinajstić information content (AvgIpc) is 2.53. The van der Waals surface area contributed by atoms with Gasteiger partial charge in [-0.3, -0.25) is 4.98 Å². The molecule has 0 unspecified atom stereocenters. The van der Waals surface area contributed by atoms with E-state index in [1.54, 1.807) is 12.4 Å². The minimum atomic E-state index is 0.555. The van der Waals surface area contributed by atoms with Crippen molar-refractivity contribution in [2.24, 2.45) is 0 Å². The Labute approximate surface area is 129 Å². The standard InChI is InChI=1S/C16H17ClN2O2/c17-14-9-13(10-15-16(14)21-8-7-20-15)3-6-19-11-12-1-4-18-5-2-12/h1-2,4-5,9-10,19H,3,6-8,11H2. The van der Waals surface area contributed by atoms with Crippen LogP contribution in [0.2, 0.25) is 5.02 Å². The van der Waals surface area contributed by atoms with Crippen LogP contribution in [0.3, 0.4) is 0 Å². The van der Waals surface area contributed by atoms with Gasteiger partial charge in [-0.1, -0.05) is 11.6 Å². The Morgan fingerprint density at radius 3 is 2.76 bits per heavy atom. The van der Waals surface area contributed by atoms with E-state index < -0.39 is 0 Å². The van der Waals surface area contributed by atoms with E-state index in [9.17, 15) is 0 Å². The Morgan fingerprint density at radius 2 is 1.90 bits per heavy atom. The second-order valence-electron chi connectivity index (χ2n) is 4.88. The van der Waals surface area contributed by atoms with Gasteiger partial charge in [0.1, 0.15) is 13.2 Å². The minimum absolute atomic E-state index is 0.555. The van der Waals surface area contributed by atoms with Gasteiger partial charge in [0.05, 0.1) is 5.02 Å². The van der Waals surface area contributed by atoms with E-state index in [0.29, 0.717) is 24.0 Å². The van der Waals surface area contributed by atoms with Gasteiger partial charge in [-0.2, -0.15) is 0 Å². The van der Waals surface area contributed by atoms with Crippen LogP contribution < -0.4 is 14.8 Å². The van der Waals surface area contributed by atoms with Crippen molar-refractivity contribution in [3.05, 3.63) is 52.8 Å². The zero-order valence-electron chi connectivity index (χ0n) is 11.6. The summed E-state index contributed by atoms with van der Waals surface area (Å²) in [6.45, 7) is 2.84. The molecule has 0 saturated heterocycles. The maximum atomic E-state index is 6.22. The van der Waals surface area contributed by atoms with E-state index in [1.165, 1.54) is 5.56 Å².